The van der Waals surface area contributed by atoms with Crippen molar-refractivity contribution in [3.05, 3.63) is 65.7 Å². The Morgan fingerprint density at radius 2 is 1.66 bits per heavy atom. The zero-order valence-electron chi connectivity index (χ0n) is 16.7. The van der Waals surface area contributed by atoms with E-state index < -0.39 is 16.1 Å². The third-order valence-corrected chi connectivity index (χ3v) is 6.32. The average molecular weight is 418 g/mol. The predicted molar refractivity (Wildman–Crippen MR) is 111 cm³/mol. The first kappa shape index (κ1) is 21.3. The maximum Gasteiger partial charge on any atom is 0.328 e. The highest BCUT2D eigenvalue weighted by atomic mass is 32.2. The molecular weight excluding hydrogens is 390 g/mol. The second-order valence-corrected chi connectivity index (χ2v) is 8.87. The second-order valence-electron chi connectivity index (χ2n) is 7.18. The first-order valence-corrected chi connectivity index (χ1v) is 11.1. The minimum absolute atomic E-state index is 0.0543. The number of carbonyl (C=O) groups is 1. The Labute approximate surface area is 172 Å². The maximum absolute atomic E-state index is 12.5. The Balaban J connectivity index is 1.72. The molecule has 1 saturated heterocycles. The van der Waals surface area contributed by atoms with Crippen LogP contribution in [0.3, 0.4) is 0 Å². The molecule has 2 amide bonds. The summed E-state index contributed by atoms with van der Waals surface area (Å²) in [7, 11) is -3.93. The summed E-state index contributed by atoms with van der Waals surface area (Å²) >= 11 is 0. The van der Waals surface area contributed by atoms with Crippen molar-refractivity contribution in [2.45, 2.75) is 30.8 Å². The molecule has 2 aromatic rings. The first-order valence-electron chi connectivity index (χ1n) is 9.63. The van der Waals surface area contributed by atoms with Crippen molar-refractivity contribution in [3.63, 3.8) is 0 Å². The van der Waals surface area contributed by atoms with Gasteiger partial charge in [-0.1, -0.05) is 48.0 Å². The van der Waals surface area contributed by atoms with E-state index in [2.05, 4.69) is 14.9 Å². The number of nitrogens with zero attached hydrogens (tertiary/aromatic N) is 1. The molecule has 29 heavy (non-hydrogen) atoms. The fourth-order valence-electron chi connectivity index (χ4n) is 3.54. The first-order chi connectivity index (χ1) is 13.9. The molecule has 1 fully saturated rings. The van der Waals surface area contributed by atoms with Gasteiger partial charge in [-0.05, 0) is 31.5 Å². The topological polar surface area (TPSA) is 87.7 Å². The number of aryl methyl sites for hydroxylation is 1. The molecule has 1 aliphatic heterocycles. The van der Waals surface area contributed by atoms with E-state index in [-0.39, 0.29) is 17.0 Å². The highest BCUT2D eigenvalue weighted by Gasteiger charge is 2.29. The molecule has 7 nitrogen and oxygen atoms in total. The highest BCUT2D eigenvalue weighted by Crippen LogP contribution is 2.25. The van der Waals surface area contributed by atoms with Crippen LogP contribution in [-0.4, -0.2) is 51.7 Å². The van der Waals surface area contributed by atoms with Gasteiger partial charge in [0.1, 0.15) is 0 Å². The monoisotopic (exact) mass is 417 g/mol. The van der Waals surface area contributed by atoms with E-state index in [0.29, 0.717) is 13.2 Å². The van der Waals surface area contributed by atoms with Crippen molar-refractivity contribution in [2.75, 3.05) is 26.3 Å². The van der Waals surface area contributed by atoms with E-state index in [0.717, 1.165) is 24.2 Å². The summed E-state index contributed by atoms with van der Waals surface area (Å²) in [5.74, 6) is 0. The van der Waals surface area contributed by atoms with Crippen LogP contribution in [0, 0.1) is 6.92 Å². The van der Waals surface area contributed by atoms with E-state index in [1.807, 2.05) is 44.2 Å². The van der Waals surface area contributed by atoms with E-state index in [1.165, 1.54) is 12.1 Å². The quantitative estimate of drug-likeness (QED) is 0.754. The van der Waals surface area contributed by atoms with Crippen LogP contribution >= 0.6 is 0 Å². The fourth-order valence-corrected chi connectivity index (χ4v) is 4.45. The number of carbonyl (C=O) groups excluding carboxylic acids is 1. The van der Waals surface area contributed by atoms with Crippen LogP contribution in [0.25, 0.3) is 0 Å². The molecule has 0 aromatic heterocycles. The number of urea groups is 1. The molecule has 156 valence electrons. The minimum Gasteiger partial charge on any atom is -0.379 e. The number of hydrogen-bond acceptors (Lipinski definition) is 5. The van der Waals surface area contributed by atoms with Gasteiger partial charge in [0.05, 0.1) is 24.2 Å². The van der Waals surface area contributed by atoms with E-state index >= 15 is 0 Å². The molecule has 2 atom stereocenters. The zero-order chi connectivity index (χ0) is 20.9. The number of morpholine rings is 1. The molecule has 0 aliphatic carbocycles. The number of rotatable bonds is 6. The van der Waals surface area contributed by atoms with Gasteiger partial charge in [-0.2, -0.15) is 0 Å². The Morgan fingerprint density at radius 3 is 2.28 bits per heavy atom. The van der Waals surface area contributed by atoms with Gasteiger partial charge in [0, 0.05) is 19.1 Å². The van der Waals surface area contributed by atoms with Crippen LogP contribution in [0.1, 0.15) is 24.1 Å². The molecule has 0 spiro atoms. The van der Waals surface area contributed by atoms with Crippen LogP contribution < -0.4 is 10.0 Å². The molecule has 0 saturated carbocycles. The zero-order valence-corrected chi connectivity index (χ0v) is 17.5. The van der Waals surface area contributed by atoms with Crippen molar-refractivity contribution < 1.29 is 17.9 Å². The lowest BCUT2D eigenvalue weighted by Crippen LogP contribution is -2.51. The minimum atomic E-state index is -3.93. The second kappa shape index (κ2) is 9.39. The predicted octanol–water partition coefficient (Wildman–Crippen LogP) is 2.44. The number of amides is 2. The summed E-state index contributed by atoms with van der Waals surface area (Å²) in [5, 5.41) is 2.80. The standard InChI is InChI=1S/C21H27N3O4S/c1-16-8-10-19(11-9-16)29(26,27)23-21(25)22-17(2)20(18-6-4-3-5-7-18)24-12-14-28-15-13-24/h3-11,17,20H,12-15H2,1-2H3,(H2,22,23,25)/t17-,20+/m0/s1. The number of ether oxygens (including phenoxy) is 1. The Bertz CT molecular complexity index is 911. The van der Waals surface area contributed by atoms with E-state index in [1.54, 1.807) is 12.1 Å². The molecule has 8 heteroatoms. The number of hydrogen-bond donors (Lipinski definition) is 2. The maximum atomic E-state index is 12.5. The fraction of sp³-hybridized carbons (Fsp3) is 0.381. The summed E-state index contributed by atoms with van der Waals surface area (Å²) in [5.41, 5.74) is 2.00. The van der Waals surface area contributed by atoms with Crippen molar-refractivity contribution in [1.82, 2.24) is 14.9 Å². The normalized spacial score (nSPS) is 17.3. The van der Waals surface area contributed by atoms with Crippen LogP contribution in [0.15, 0.2) is 59.5 Å². The Hall–Kier alpha value is -2.42. The summed E-state index contributed by atoms with van der Waals surface area (Å²) in [4.78, 5) is 14.8. The van der Waals surface area contributed by atoms with Gasteiger partial charge < -0.3 is 10.1 Å². The van der Waals surface area contributed by atoms with Crippen molar-refractivity contribution in [2.24, 2.45) is 0 Å². The molecule has 0 radical (unpaired) electrons. The van der Waals surface area contributed by atoms with Gasteiger partial charge in [-0.15, -0.1) is 0 Å². The molecule has 3 rings (SSSR count). The Morgan fingerprint density at radius 1 is 1.03 bits per heavy atom. The summed E-state index contributed by atoms with van der Waals surface area (Å²) in [6.07, 6.45) is 0. The molecule has 0 unspecified atom stereocenters. The SMILES string of the molecule is Cc1ccc(S(=O)(=O)NC(=O)N[C@@H](C)[C@H](c2ccccc2)N2CCOCC2)cc1. The summed E-state index contributed by atoms with van der Waals surface area (Å²) < 4.78 is 32.5. The summed E-state index contributed by atoms with van der Waals surface area (Å²) in [6.45, 7) is 6.50. The van der Waals surface area contributed by atoms with Gasteiger partial charge in [0.25, 0.3) is 10.0 Å². The van der Waals surface area contributed by atoms with Crippen molar-refractivity contribution in [3.8, 4) is 0 Å². The lowest BCUT2D eigenvalue weighted by Gasteiger charge is -2.38. The molecular formula is C21H27N3O4S. The van der Waals surface area contributed by atoms with Gasteiger partial charge in [0.2, 0.25) is 0 Å². The van der Waals surface area contributed by atoms with Crippen LogP contribution in [0.5, 0.6) is 0 Å². The average Bonchev–Trinajstić information content (AvgIpc) is 2.69. The van der Waals surface area contributed by atoms with E-state index in [4.69, 9.17) is 4.74 Å². The van der Waals surface area contributed by atoms with Gasteiger partial charge in [-0.25, -0.2) is 17.9 Å². The van der Waals surface area contributed by atoms with Crippen LogP contribution in [0.2, 0.25) is 0 Å². The van der Waals surface area contributed by atoms with Crippen molar-refractivity contribution >= 4 is 16.1 Å². The molecule has 1 aliphatic rings. The highest BCUT2D eigenvalue weighted by molar-refractivity contribution is 7.90. The number of benzene rings is 2. The van der Waals surface area contributed by atoms with Crippen LogP contribution in [0.4, 0.5) is 4.79 Å². The summed E-state index contributed by atoms with van der Waals surface area (Å²) in [6, 6.07) is 15.1. The number of sulfonamides is 1. The van der Waals surface area contributed by atoms with E-state index in [9.17, 15) is 13.2 Å². The number of nitrogens with one attached hydrogen (secondary N) is 2. The third kappa shape index (κ3) is 5.56. The molecule has 2 aromatic carbocycles. The molecule has 0 bridgehead atoms. The van der Waals surface area contributed by atoms with Gasteiger partial charge in [-0.3, -0.25) is 4.90 Å². The Kier molecular flexibility index (Phi) is 6.89. The molecule has 2 N–H and O–H groups in total. The largest absolute Gasteiger partial charge is 0.379 e. The molecule has 1 heterocycles. The van der Waals surface area contributed by atoms with Crippen molar-refractivity contribution in [1.29, 1.82) is 0 Å². The smallest absolute Gasteiger partial charge is 0.328 e. The lowest BCUT2D eigenvalue weighted by molar-refractivity contribution is 0.00967. The van der Waals surface area contributed by atoms with Crippen LogP contribution in [-0.2, 0) is 14.8 Å². The third-order valence-electron chi connectivity index (χ3n) is 4.97. The lowest BCUT2D eigenvalue weighted by atomic mass is 9.98. The van der Waals surface area contributed by atoms with Gasteiger partial charge >= 0.3 is 6.03 Å². The van der Waals surface area contributed by atoms with Gasteiger partial charge in [0.15, 0.2) is 0 Å².